The lowest BCUT2D eigenvalue weighted by Crippen LogP contribution is -2.45. The standard InChI is InChI=1S/C14H23F2N5O2S2/c1-10-9-24-12(20-10)8-19-14(17-2)18-7-11-3-5-21(6-4-11)25(22,23)13(15)16/h9,11,13H,3-8H2,1-2H3,(H2,17,18,19). The van der Waals surface area contributed by atoms with E-state index in [1.807, 2.05) is 12.3 Å². The smallest absolute Gasteiger partial charge is 0.350 e. The first-order valence-electron chi connectivity index (χ1n) is 7.95. The lowest BCUT2D eigenvalue weighted by Gasteiger charge is -2.31. The van der Waals surface area contributed by atoms with E-state index in [0.29, 0.717) is 31.9 Å². The monoisotopic (exact) mass is 395 g/mol. The molecule has 25 heavy (non-hydrogen) atoms. The average Bonchev–Trinajstić information content (AvgIpc) is 3.00. The van der Waals surface area contributed by atoms with Crippen LogP contribution in [0.1, 0.15) is 23.5 Å². The third-order valence-corrected chi connectivity index (χ3v) is 6.52. The predicted molar refractivity (Wildman–Crippen MR) is 94.3 cm³/mol. The summed E-state index contributed by atoms with van der Waals surface area (Å²) in [6.07, 6.45) is 1.09. The minimum absolute atomic E-state index is 0.128. The van der Waals surface area contributed by atoms with Crippen molar-refractivity contribution in [3.8, 4) is 0 Å². The second kappa shape index (κ2) is 8.86. The van der Waals surface area contributed by atoms with Gasteiger partial charge in [0.1, 0.15) is 5.01 Å². The summed E-state index contributed by atoms with van der Waals surface area (Å²) < 4.78 is 48.9. The van der Waals surface area contributed by atoms with Gasteiger partial charge in [0.2, 0.25) is 0 Å². The summed E-state index contributed by atoms with van der Waals surface area (Å²) in [5.41, 5.74) is 0.982. The summed E-state index contributed by atoms with van der Waals surface area (Å²) in [5, 5.41) is 9.30. The van der Waals surface area contributed by atoms with E-state index in [4.69, 9.17) is 0 Å². The molecule has 2 heterocycles. The van der Waals surface area contributed by atoms with Gasteiger partial charge in [0, 0.05) is 37.8 Å². The molecule has 142 valence electrons. The minimum atomic E-state index is -4.46. The molecule has 0 saturated carbocycles. The number of thiazole rings is 1. The quantitative estimate of drug-likeness (QED) is 0.561. The molecule has 0 unspecified atom stereocenters. The topological polar surface area (TPSA) is 86.7 Å². The Morgan fingerprint density at radius 1 is 1.44 bits per heavy atom. The van der Waals surface area contributed by atoms with Crippen LogP contribution in [0.4, 0.5) is 8.78 Å². The molecule has 0 aromatic carbocycles. The van der Waals surface area contributed by atoms with Crippen LogP contribution in [0.25, 0.3) is 0 Å². The third kappa shape index (κ3) is 5.58. The summed E-state index contributed by atoms with van der Waals surface area (Å²) in [5.74, 6) is -2.50. The van der Waals surface area contributed by atoms with E-state index in [0.717, 1.165) is 15.0 Å². The van der Waals surface area contributed by atoms with Crippen molar-refractivity contribution in [3.05, 3.63) is 16.1 Å². The summed E-state index contributed by atoms with van der Waals surface area (Å²) in [6, 6.07) is 0. The number of piperidine rings is 1. The Balaban J connectivity index is 1.74. The molecule has 1 aromatic rings. The predicted octanol–water partition coefficient (Wildman–Crippen LogP) is 1.38. The minimum Gasteiger partial charge on any atom is -0.356 e. The number of nitrogens with zero attached hydrogens (tertiary/aromatic N) is 3. The number of aryl methyl sites for hydroxylation is 1. The van der Waals surface area contributed by atoms with Gasteiger partial charge in [0.25, 0.3) is 10.0 Å². The number of halogens is 2. The van der Waals surface area contributed by atoms with Crippen molar-refractivity contribution >= 4 is 27.3 Å². The van der Waals surface area contributed by atoms with Gasteiger partial charge in [-0.3, -0.25) is 4.99 Å². The highest BCUT2D eigenvalue weighted by Gasteiger charge is 2.34. The maximum atomic E-state index is 12.5. The van der Waals surface area contributed by atoms with Crippen LogP contribution in [0, 0.1) is 12.8 Å². The molecule has 11 heteroatoms. The van der Waals surface area contributed by atoms with E-state index >= 15 is 0 Å². The van der Waals surface area contributed by atoms with Crippen LogP contribution in [0.5, 0.6) is 0 Å². The zero-order valence-corrected chi connectivity index (χ0v) is 15.8. The van der Waals surface area contributed by atoms with Crippen molar-refractivity contribution in [2.75, 3.05) is 26.7 Å². The Morgan fingerprint density at radius 3 is 2.64 bits per heavy atom. The summed E-state index contributed by atoms with van der Waals surface area (Å²) in [6.45, 7) is 3.38. The first-order valence-corrected chi connectivity index (χ1v) is 10.3. The molecule has 2 rings (SSSR count). The molecule has 0 spiro atoms. The first-order chi connectivity index (χ1) is 11.8. The lowest BCUT2D eigenvalue weighted by atomic mass is 9.98. The normalized spacial score (nSPS) is 17.9. The van der Waals surface area contributed by atoms with Crippen molar-refractivity contribution in [2.45, 2.75) is 32.1 Å². The van der Waals surface area contributed by atoms with Gasteiger partial charge in [-0.15, -0.1) is 11.3 Å². The number of aliphatic imine (C=N–C) groups is 1. The molecule has 2 N–H and O–H groups in total. The third-order valence-electron chi connectivity index (χ3n) is 4.01. The van der Waals surface area contributed by atoms with Crippen LogP contribution in [-0.2, 0) is 16.6 Å². The Hall–Kier alpha value is -1.33. The molecule has 1 saturated heterocycles. The van der Waals surface area contributed by atoms with E-state index < -0.39 is 15.8 Å². The van der Waals surface area contributed by atoms with Gasteiger partial charge in [-0.25, -0.2) is 13.4 Å². The molecule has 1 aliphatic rings. The number of hydrogen-bond acceptors (Lipinski definition) is 5. The number of guanidine groups is 1. The number of sulfonamides is 1. The molecule has 7 nitrogen and oxygen atoms in total. The van der Waals surface area contributed by atoms with Crippen LogP contribution in [0.15, 0.2) is 10.4 Å². The van der Waals surface area contributed by atoms with Gasteiger partial charge in [-0.2, -0.15) is 13.1 Å². The molecule has 1 aromatic heterocycles. The molecule has 1 aliphatic heterocycles. The summed E-state index contributed by atoms with van der Waals surface area (Å²) >= 11 is 1.57. The first kappa shape index (κ1) is 20.0. The highest BCUT2D eigenvalue weighted by molar-refractivity contribution is 7.89. The van der Waals surface area contributed by atoms with Crippen LogP contribution in [-0.4, -0.2) is 56.1 Å². The van der Waals surface area contributed by atoms with Crippen LogP contribution >= 0.6 is 11.3 Å². The number of rotatable bonds is 6. The van der Waals surface area contributed by atoms with Gasteiger partial charge in [-0.05, 0) is 25.7 Å². The molecule has 0 aliphatic carbocycles. The van der Waals surface area contributed by atoms with Crippen molar-refractivity contribution in [1.82, 2.24) is 19.9 Å². The maximum Gasteiger partial charge on any atom is 0.350 e. The van der Waals surface area contributed by atoms with Crippen LogP contribution < -0.4 is 10.6 Å². The molecule has 0 radical (unpaired) electrons. The number of aromatic nitrogens is 1. The van der Waals surface area contributed by atoms with Crippen molar-refractivity contribution < 1.29 is 17.2 Å². The Morgan fingerprint density at radius 2 is 2.12 bits per heavy atom. The molecular formula is C14H23F2N5O2S2. The molecule has 0 amide bonds. The molecule has 0 atom stereocenters. The van der Waals surface area contributed by atoms with Gasteiger partial charge in [0.15, 0.2) is 5.96 Å². The Kier molecular flexibility index (Phi) is 7.08. The van der Waals surface area contributed by atoms with Gasteiger partial charge in [0.05, 0.1) is 6.54 Å². The van der Waals surface area contributed by atoms with Crippen molar-refractivity contribution in [2.24, 2.45) is 10.9 Å². The summed E-state index contributed by atoms with van der Waals surface area (Å²) in [7, 11) is -2.79. The highest BCUT2D eigenvalue weighted by atomic mass is 32.2. The lowest BCUT2D eigenvalue weighted by molar-refractivity contribution is 0.204. The average molecular weight is 396 g/mol. The number of hydrogen-bond donors (Lipinski definition) is 2. The van der Waals surface area contributed by atoms with E-state index in [1.165, 1.54) is 0 Å². The second-order valence-electron chi connectivity index (χ2n) is 5.84. The van der Waals surface area contributed by atoms with Gasteiger partial charge >= 0.3 is 5.76 Å². The zero-order valence-electron chi connectivity index (χ0n) is 14.2. The fourth-order valence-electron chi connectivity index (χ4n) is 2.59. The zero-order chi connectivity index (χ0) is 18.4. The largest absolute Gasteiger partial charge is 0.356 e. The van der Waals surface area contributed by atoms with Crippen LogP contribution in [0.2, 0.25) is 0 Å². The molecule has 1 fully saturated rings. The van der Waals surface area contributed by atoms with E-state index in [1.54, 1.807) is 18.4 Å². The maximum absolute atomic E-state index is 12.5. The Bertz CT molecular complexity index is 685. The number of nitrogens with one attached hydrogen (secondary N) is 2. The molecule has 0 bridgehead atoms. The molecular weight excluding hydrogens is 372 g/mol. The SMILES string of the molecule is CN=C(NCc1nc(C)cs1)NCC1CCN(S(=O)(=O)C(F)F)CC1. The van der Waals surface area contributed by atoms with Crippen molar-refractivity contribution in [3.63, 3.8) is 0 Å². The van der Waals surface area contributed by atoms with Gasteiger partial charge < -0.3 is 10.6 Å². The number of alkyl halides is 2. The summed E-state index contributed by atoms with van der Waals surface area (Å²) in [4.78, 5) is 8.50. The van der Waals surface area contributed by atoms with E-state index in [9.17, 15) is 17.2 Å². The highest BCUT2D eigenvalue weighted by Crippen LogP contribution is 2.22. The fraction of sp³-hybridized carbons (Fsp3) is 0.714. The van der Waals surface area contributed by atoms with Crippen LogP contribution in [0.3, 0.4) is 0 Å². The van der Waals surface area contributed by atoms with Gasteiger partial charge in [-0.1, -0.05) is 0 Å². The van der Waals surface area contributed by atoms with E-state index in [-0.39, 0.29) is 19.0 Å². The van der Waals surface area contributed by atoms with E-state index in [2.05, 4.69) is 20.6 Å². The second-order valence-corrected chi connectivity index (χ2v) is 8.68. The Labute approximate surface area is 150 Å². The fourth-order valence-corrected chi connectivity index (χ4v) is 4.24. The van der Waals surface area contributed by atoms with Crippen molar-refractivity contribution in [1.29, 1.82) is 0 Å².